The summed E-state index contributed by atoms with van der Waals surface area (Å²) >= 11 is 0. The van der Waals surface area contributed by atoms with Crippen molar-refractivity contribution in [1.29, 1.82) is 0 Å². The van der Waals surface area contributed by atoms with Crippen LogP contribution in [0.15, 0.2) is 36.4 Å². The highest BCUT2D eigenvalue weighted by atomic mass is 16.7. The van der Waals surface area contributed by atoms with Crippen molar-refractivity contribution < 1.29 is 39.5 Å². The molecule has 9 nitrogen and oxygen atoms in total. The van der Waals surface area contributed by atoms with Gasteiger partial charge in [-0.3, -0.25) is 0 Å². The van der Waals surface area contributed by atoms with Crippen molar-refractivity contribution in [2.45, 2.75) is 50.9 Å². The first-order valence-corrected chi connectivity index (χ1v) is 11.0. The molecule has 0 spiro atoms. The van der Waals surface area contributed by atoms with Crippen LogP contribution in [0.1, 0.15) is 29.2 Å². The Labute approximate surface area is 193 Å². The van der Waals surface area contributed by atoms with Crippen LogP contribution in [0, 0.1) is 0 Å². The molecule has 0 fully saturated rings. The lowest BCUT2D eigenvalue weighted by atomic mass is 9.96. The minimum absolute atomic E-state index is 0.112. The van der Waals surface area contributed by atoms with Crippen molar-refractivity contribution in [2.75, 3.05) is 26.9 Å². The molecule has 0 bridgehead atoms. The largest absolute Gasteiger partial charge is 0.486 e. The van der Waals surface area contributed by atoms with Gasteiger partial charge in [0.2, 0.25) is 0 Å². The molecule has 2 aromatic carbocycles. The van der Waals surface area contributed by atoms with Crippen LogP contribution in [-0.4, -0.2) is 71.9 Å². The third kappa shape index (κ3) is 6.64. The molecule has 0 radical (unpaired) electrons. The molecule has 33 heavy (non-hydrogen) atoms. The van der Waals surface area contributed by atoms with E-state index in [1.165, 1.54) is 12.7 Å². The summed E-state index contributed by atoms with van der Waals surface area (Å²) in [4.78, 5) is 4.54. The quantitative estimate of drug-likeness (QED) is 0.228. The van der Waals surface area contributed by atoms with Gasteiger partial charge in [-0.05, 0) is 47.2 Å². The summed E-state index contributed by atoms with van der Waals surface area (Å²) in [5, 5.41) is 39.6. The summed E-state index contributed by atoms with van der Waals surface area (Å²) in [5.41, 5.74) is 6.43. The fraction of sp³-hybridized carbons (Fsp3) is 0.500. The number of fused-ring (bicyclic) bond motifs is 1. The van der Waals surface area contributed by atoms with Gasteiger partial charge in [0.05, 0.1) is 20.3 Å². The molecule has 3 rings (SSSR count). The zero-order valence-electron chi connectivity index (χ0n) is 18.9. The van der Waals surface area contributed by atoms with E-state index in [-0.39, 0.29) is 6.61 Å². The zero-order valence-corrected chi connectivity index (χ0v) is 18.9. The van der Waals surface area contributed by atoms with Crippen molar-refractivity contribution in [3.05, 3.63) is 58.7 Å². The smallest absolute Gasteiger partial charge is 0.161 e. The maximum absolute atomic E-state index is 10.3. The van der Waals surface area contributed by atoms with Crippen molar-refractivity contribution >= 4 is 0 Å². The Bertz CT molecular complexity index is 893. The van der Waals surface area contributed by atoms with Gasteiger partial charge >= 0.3 is 0 Å². The van der Waals surface area contributed by atoms with E-state index in [1.807, 2.05) is 36.4 Å². The first-order valence-electron chi connectivity index (χ1n) is 11.0. The van der Waals surface area contributed by atoms with Gasteiger partial charge in [0, 0.05) is 0 Å². The number of hydrogen-bond acceptors (Lipinski definition) is 9. The van der Waals surface area contributed by atoms with Gasteiger partial charge in [-0.25, -0.2) is 0 Å². The van der Waals surface area contributed by atoms with Crippen molar-refractivity contribution in [2.24, 2.45) is 0 Å². The number of nitrogens with one attached hydrogen (secondary N) is 1. The van der Waals surface area contributed by atoms with E-state index < -0.39 is 31.1 Å². The summed E-state index contributed by atoms with van der Waals surface area (Å²) < 4.78 is 17.0. The Morgan fingerprint density at radius 3 is 2.36 bits per heavy atom. The fourth-order valence-electron chi connectivity index (χ4n) is 3.76. The van der Waals surface area contributed by atoms with E-state index in [9.17, 15) is 20.4 Å². The van der Waals surface area contributed by atoms with Gasteiger partial charge < -0.3 is 39.5 Å². The molecule has 0 aliphatic carbocycles. The number of aliphatic hydroxyl groups excluding tert-OH is 4. The molecule has 182 valence electrons. The van der Waals surface area contributed by atoms with Crippen LogP contribution in [0.2, 0.25) is 0 Å². The molecule has 0 saturated carbocycles. The molecule has 5 N–H and O–H groups in total. The fourth-order valence-corrected chi connectivity index (χ4v) is 3.76. The third-order valence-electron chi connectivity index (χ3n) is 5.59. The van der Waals surface area contributed by atoms with Gasteiger partial charge in [0.25, 0.3) is 0 Å². The van der Waals surface area contributed by atoms with E-state index in [0.29, 0.717) is 19.6 Å². The second-order valence-corrected chi connectivity index (χ2v) is 7.89. The average Bonchev–Trinajstić information content (AvgIpc) is 2.84. The number of rotatable bonds is 12. The topological polar surface area (TPSA) is 130 Å². The highest BCUT2D eigenvalue weighted by Crippen LogP contribution is 2.32. The minimum atomic E-state index is -1.62. The average molecular weight is 464 g/mol. The molecule has 1 aliphatic rings. The predicted octanol–water partition coefficient (Wildman–Crippen LogP) is 0.680. The molecule has 9 heteroatoms. The summed E-state index contributed by atoms with van der Waals surface area (Å²) in [5.74, 6) is 1.50. The second-order valence-electron chi connectivity index (χ2n) is 7.89. The molecular weight excluding hydrogens is 430 g/mol. The van der Waals surface area contributed by atoms with Gasteiger partial charge in [0.1, 0.15) is 31.5 Å². The molecule has 4 atom stereocenters. The standard InChI is InChI=1S/C24H33NO8/c1-3-17-6-4-16(14-33-21(13-26)22(27)23(28)24(29)25-30-2)11-18(17)10-15-5-7-19-20(12-15)32-9-8-31-19/h4-7,11-12,21-29H,3,8-10,13-14H2,1-2H3. The van der Waals surface area contributed by atoms with E-state index in [0.717, 1.165) is 34.6 Å². The highest BCUT2D eigenvalue weighted by molar-refractivity contribution is 5.46. The normalized spacial score (nSPS) is 16.8. The lowest BCUT2D eigenvalue weighted by Gasteiger charge is -2.28. The maximum atomic E-state index is 10.3. The van der Waals surface area contributed by atoms with E-state index in [4.69, 9.17) is 14.2 Å². The molecule has 2 aromatic rings. The lowest BCUT2D eigenvalue weighted by molar-refractivity contribution is -0.167. The Kier molecular flexibility index (Phi) is 9.45. The molecule has 0 aromatic heterocycles. The number of aryl methyl sites for hydroxylation is 1. The van der Waals surface area contributed by atoms with Crippen molar-refractivity contribution in [3.63, 3.8) is 0 Å². The first-order chi connectivity index (χ1) is 16.0. The Morgan fingerprint density at radius 2 is 1.67 bits per heavy atom. The number of ether oxygens (including phenoxy) is 3. The Hall–Kier alpha value is -2.24. The van der Waals surface area contributed by atoms with Crippen LogP contribution in [-0.2, 0) is 29.0 Å². The van der Waals surface area contributed by atoms with E-state index >= 15 is 0 Å². The van der Waals surface area contributed by atoms with Crippen LogP contribution in [0.3, 0.4) is 0 Å². The van der Waals surface area contributed by atoms with Gasteiger partial charge in [-0.15, -0.1) is 0 Å². The van der Waals surface area contributed by atoms with Crippen molar-refractivity contribution in [1.82, 2.24) is 5.48 Å². The summed E-state index contributed by atoms with van der Waals surface area (Å²) in [6.45, 7) is 2.76. The number of hydroxylamine groups is 1. The number of benzene rings is 2. The van der Waals surface area contributed by atoms with E-state index in [2.05, 4.69) is 17.2 Å². The highest BCUT2D eigenvalue weighted by Gasteiger charge is 2.32. The predicted molar refractivity (Wildman–Crippen MR) is 120 cm³/mol. The molecule has 0 saturated heterocycles. The summed E-state index contributed by atoms with van der Waals surface area (Å²) in [6.07, 6.45) is -4.21. The summed E-state index contributed by atoms with van der Waals surface area (Å²) in [6, 6.07) is 12.0. The minimum Gasteiger partial charge on any atom is -0.486 e. The summed E-state index contributed by atoms with van der Waals surface area (Å²) in [7, 11) is 1.27. The second kappa shape index (κ2) is 12.3. The van der Waals surface area contributed by atoms with Crippen LogP contribution in [0.4, 0.5) is 0 Å². The van der Waals surface area contributed by atoms with Gasteiger partial charge in [-0.2, -0.15) is 5.48 Å². The van der Waals surface area contributed by atoms with Crippen LogP contribution in [0.5, 0.6) is 11.5 Å². The first kappa shape index (κ1) is 25.4. The molecule has 0 amide bonds. The number of aliphatic hydroxyl groups is 4. The molecule has 1 heterocycles. The molecule has 4 unspecified atom stereocenters. The van der Waals surface area contributed by atoms with Crippen molar-refractivity contribution in [3.8, 4) is 11.5 Å². The molecule has 1 aliphatic heterocycles. The Morgan fingerprint density at radius 1 is 0.939 bits per heavy atom. The Balaban J connectivity index is 1.68. The van der Waals surface area contributed by atoms with Crippen LogP contribution < -0.4 is 15.0 Å². The van der Waals surface area contributed by atoms with Crippen LogP contribution in [0.25, 0.3) is 0 Å². The molecular formula is C24H33NO8. The monoisotopic (exact) mass is 463 g/mol. The lowest BCUT2D eigenvalue weighted by Crippen LogP contribution is -2.51. The van der Waals surface area contributed by atoms with Gasteiger partial charge in [0.15, 0.2) is 17.7 Å². The maximum Gasteiger partial charge on any atom is 0.161 e. The SMILES string of the molecule is CCc1ccc(COC(CO)C(O)C(O)C(O)NOC)cc1Cc1ccc2c(c1)OCCO2. The zero-order chi connectivity index (χ0) is 23.8. The third-order valence-corrected chi connectivity index (χ3v) is 5.59. The van der Waals surface area contributed by atoms with Gasteiger partial charge in [-0.1, -0.05) is 31.2 Å². The van der Waals surface area contributed by atoms with Crippen LogP contribution >= 0.6 is 0 Å². The number of hydrogen-bond donors (Lipinski definition) is 5. The van der Waals surface area contributed by atoms with E-state index in [1.54, 1.807) is 0 Å².